The van der Waals surface area contributed by atoms with Gasteiger partial charge in [0.2, 0.25) is 11.9 Å². The summed E-state index contributed by atoms with van der Waals surface area (Å²) < 4.78 is 34.7. The van der Waals surface area contributed by atoms with Gasteiger partial charge in [0.1, 0.15) is 11.6 Å². The summed E-state index contributed by atoms with van der Waals surface area (Å²) in [6, 6.07) is 8.78. The van der Waals surface area contributed by atoms with E-state index in [9.17, 15) is 13.6 Å². The number of carbonyl (C=O) groups excluding carboxylic acids is 1. The largest absolute Gasteiger partial charge is 0.378 e. The number of hydrogen-bond acceptors (Lipinski definition) is 7. The van der Waals surface area contributed by atoms with Gasteiger partial charge >= 0.3 is 0 Å². The second-order valence-corrected chi connectivity index (χ2v) is 7.81. The van der Waals surface area contributed by atoms with Crippen molar-refractivity contribution >= 4 is 40.0 Å². The first-order valence-electron chi connectivity index (χ1n) is 10.9. The molecule has 2 aromatic heterocycles. The number of hydrogen-bond donors (Lipinski definition) is 3. The van der Waals surface area contributed by atoms with Crippen LogP contribution in [0.3, 0.4) is 0 Å². The van der Waals surface area contributed by atoms with Gasteiger partial charge in [0.25, 0.3) is 0 Å². The van der Waals surface area contributed by atoms with E-state index in [4.69, 9.17) is 4.74 Å². The Morgan fingerprint density at radius 3 is 2.66 bits per heavy atom. The topological polar surface area (TPSA) is 108 Å². The molecule has 0 spiro atoms. The molecule has 178 valence electrons. The Morgan fingerprint density at radius 2 is 1.86 bits per heavy atom. The molecule has 1 amide bonds. The van der Waals surface area contributed by atoms with Crippen molar-refractivity contribution < 1.29 is 18.3 Å². The molecule has 1 fully saturated rings. The summed E-state index contributed by atoms with van der Waals surface area (Å²) in [6.45, 7) is 5.64. The molecular formula is C24H21F2N7O2. The number of ether oxygens (including phenoxy) is 1. The number of H-pyrrole nitrogens is 1. The minimum absolute atomic E-state index is 0.150. The van der Waals surface area contributed by atoms with Crippen LogP contribution in [0.25, 0.3) is 22.3 Å². The molecular weight excluding hydrogens is 456 g/mol. The van der Waals surface area contributed by atoms with Gasteiger partial charge in [-0.05, 0) is 42.5 Å². The number of amides is 1. The zero-order valence-corrected chi connectivity index (χ0v) is 18.5. The molecule has 0 aliphatic carbocycles. The van der Waals surface area contributed by atoms with Crippen LogP contribution in [0.4, 0.5) is 31.8 Å². The maximum Gasteiger partial charge on any atom is 0.247 e. The van der Waals surface area contributed by atoms with Gasteiger partial charge in [-0.1, -0.05) is 6.58 Å². The summed E-state index contributed by atoms with van der Waals surface area (Å²) in [5, 5.41) is 13.0. The van der Waals surface area contributed by atoms with Crippen LogP contribution in [0.2, 0.25) is 0 Å². The van der Waals surface area contributed by atoms with Gasteiger partial charge in [-0.2, -0.15) is 10.1 Å². The Bertz CT molecular complexity index is 1420. The second-order valence-electron chi connectivity index (χ2n) is 7.81. The molecule has 0 saturated carbocycles. The van der Waals surface area contributed by atoms with E-state index < -0.39 is 11.7 Å². The number of nitrogens with one attached hydrogen (secondary N) is 3. The van der Waals surface area contributed by atoms with Crippen LogP contribution < -0.4 is 15.5 Å². The van der Waals surface area contributed by atoms with Crippen LogP contribution >= 0.6 is 0 Å². The number of benzene rings is 2. The van der Waals surface area contributed by atoms with Gasteiger partial charge in [-0.3, -0.25) is 9.89 Å². The van der Waals surface area contributed by atoms with E-state index in [0.717, 1.165) is 6.08 Å². The first kappa shape index (κ1) is 22.4. The normalized spacial score (nSPS) is 13.6. The molecule has 0 bridgehead atoms. The number of fused-ring (bicyclic) bond motifs is 1. The van der Waals surface area contributed by atoms with Crippen molar-refractivity contribution in [2.45, 2.75) is 0 Å². The van der Waals surface area contributed by atoms with Crippen molar-refractivity contribution in [2.24, 2.45) is 0 Å². The fourth-order valence-corrected chi connectivity index (χ4v) is 3.84. The first-order valence-corrected chi connectivity index (χ1v) is 10.9. The molecule has 3 heterocycles. The monoisotopic (exact) mass is 477 g/mol. The number of halogens is 2. The molecule has 1 aliphatic heterocycles. The summed E-state index contributed by atoms with van der Waals surface area (Å²) in [7, 11) is 0. The zero-order chi connectivity index (χ0) is 24.4. The second kappa shape index (κ2) is 9.47. The van der Waals surface area contributed by atoms with Crippen LogP contribution in [0.1, 0.15) is 0 Å². The summed E-state index contributed by atoms with van der Waals surface area (Å²) in [5.41, 5.74) is 2.19. The van der Waals surface area contributed by atoms with E-state index in [2.05, 4.69) is 37.4 Å². The molecule has 1 saturated heterocycles. The highest BCUT2D eigenvalue weighted by Crippen LogP contribution is 2.32. The highest BCUT2D eigenvalue weighted by molar-refractivity contribution is 6.00. The minimum atomic E-state index is -0.537. The summed E-state index contributed by atoms with van der Waals surface area (Å²) in [4.78, 5) is 22.6. The lowest BCUT2D eigenvalue weighted by molar-refractivity contribution is -0.111. The highest BCUT2D eigenvalue weighted by Gasteiger charge is 2.18. The lowest BCUT2D eigenvalue weighted by Gasteiger charge is -2.29. The lowest BCUT2D eigenvalue weighted by atomic mass is 10.1. The van der Waals surface area contributed by atoms with Crippen LogP contribution in [0.15, 0.2) is 55.3 Å². The van der Waals surface area contributed by atoms with Gasteiger partial charge < -0.3 is 20.3 Å². The molecule has 3 N–H and O–H groups in total. The molecule has 35 heavy (non-hydrogen) atoms. The van der Waals surface area contributed by atoms with E-state index in [-0.39, 0.29) is 23.0 Å². The third kappa shape index (κ3) is 4.66. The van der Waals surface area contributed by atoms with Gasteiger partial charge in [0.15, 0.2) is 5.65 Å². The van der Waals surface area contributed by atoms with E-state index in [1.807, 2.05) is 4.90 Å². The third-order valence-corrected chi connectivity index (χ3v) is 5.54. The maximum absolute atomic E-state index is 14.9. The molecule has 2 aromatic carbocycles. The summed E-state index contributed by atoms with van der Waals surface area (Å²) in [5.74, 6) is -1.14. The number of anilines is 4. The molecule has 9 nitrogen and oxygen atoms in total. The smallest absolute Gasteiger partial charge is 0.247 e. The predicted molar refractivity (Wildman–Crippen MR) is 129 cm³/mol. The Hall–Kier alpha value is -4.38. The van der Waals surface area contributed by atoms with Crippen molar-refractivity contribution in [2.75, 3.05) is 41.8 Å². The van der Waals surface area contributed by atoms with Gasteiger partial charge in [0.05, 0.1) is 36.2 Å². The Balaban J connectivity index is 1.52. The first-order chi connectivity index (χ1) is 17.0. The molecule has 0 atom stereocenters. The number of carbonyl (C=O) groups is 1. The average molecular weight is 477 g/mol. The highest BCUT2D eigenvalue weighted by atomic mass is 19.1. The standard InChI is InChI=1S/C24H21F2N7O2/c1-2-21(34)28-14-3-5-18(25)16(11-14)22-17-13-27-32-23(17)31-24(30-22)29-15-4-6-19(26)20(12-15)33-7-9-35-10-8-33/h2-6,11-13H,1,7-10H2,(H,28,34)(H2,27,29,30,31,32). The molecule has 1 aliphatic rings. The van der Waals surface area contributed by atoms with E-state index in [1.165, 1.54) is 30.5 Å². The molecule has 0 unspecified atom stereocenters. The van der Waals surface area contributed by atoms with Crippen molar-refractivity contribution in [3.05, 3.63) is 66.9 Å². The summed E-state index contributed by atoms with van der Waals surface area (Å²) >= 11 is 0. The fraction of sp³-hybridized carbons (Fsp3) is 0.167. The number of aromatic nitrogens is 4. The van der Waals surface area contributed by atoms with Gasteiger partial charge in [-0.25, -0.2) is 13.8 Å². The molecule has 0 radical (unpaired) electrons. The Morgan fingerprint density at radius 1 is 1.09 bits per heavy atom. The van der Waals surface area contributed by atoms with Crippen molar-refractivity contribution in [3.8, 4) is 11.3 Å². The van der Waals surface area contributed by atoms with Crippen molar-refractivity contribution in [1.29, 1.82) is 0 Å². The summed E-state index contributed by atoms with van der Waals surface area (Å²) in [6.07, 6.45) is 2.62. The Labute approximate surface area is 198 Å². The SMILES string of the molecule is C=CC(=O)Nc1ccc(F)c(-c2nc(Nc3ccc(F)c(N4CCOCC4)c3)nc3[nH]ncc23)c1. The van der Waals surface area contributed by atoms with Crippen LogP contribution in [0, 0.1) is 11.6 Å². The van der Waals surface area contributed by atoms with Crippen molar-refractivity contribution in [1.82, 2.24) is 20.2 Å². The predicted octanol–water partition coefficient (Wildman–Crippen LogP) is 4.00. The quantitative estimate of drug-likeness (QED) is 0.360. The third-order valence-electron chi connectivity index (χ3n) is 5.54. The Kier molecular flexibility index (Phi) is 6.06. The van der Waals surface area contributed by atoms with Gasteiger partial charge in [0, 0.05) is 30.0 Å². The van der Waals surface area contributed by atoms with E-state index in [0.29, 0.717) is 54.4 Å². The minimum Gasteiger partial charge on any atom is -0.378 e. The molecule has 5 rings (SSSR count). The number of nitrogens with zero attached hydrogens (tertiary/aromatic N) is 4. The van der Waals surface area contributed by atoms with Crippen LogP contribution in [-0.2, 0) is 9.53 Å². The van der Waals surface area contributed by atoms with Crippen LogP contribution in [0.5, 0.6) is 0 Å². The number of rotatable bonds is 6. The number of aromatic amines is 1. The molecule has 11 heteroatoms. The zero-order valence-electron chi connectivity index (χ0n) is 18.5. The average Bonchev–Trinajstić information content (AvgIpc) is 3.35. The molecule has 4 aromatic rings. The fourth-order valence-electron chi connectivity index (χ4n) is 3.84. The van der Waals surface area contributed by atoms with E-state index in [1.54, 1.807) is 12.1 Å². The van der Waals surface area contributed by atoms with Gasteiger partial charge in [-0.15, -0.1) is 0 Å². The van der Waals surface area contributed by atoms with Crippen molar-refractivity contribution in [3.63, 3.8) is 0 Å². The lowest BCUT2D eigenvalue weighted by Crippen LogP contribution is -2.36. The number of morpholine rings is 1. The van der Waals surface area contributed by atoms with Crippen LogP contribution in [-0.4, -0.2) is 52.4 Å². The maximum atomic E-state index is 14.9. The van der Waals surface area contributed by atoms with E-state index >= 15 is 0 Å².